The molecule has 0 saturated carbocycles. The first-order chi connectivity index (χ1) is 11.4. The van der Waals surface area contributed by atoms with Gasteiger partial charge in [-0.15, -0.1) is 0 Å². The quantitative estimate of drug-likeness (QED) is 0.924. The van der Waals surface area contributed by atoms with Gasteiger partial charge in [0.15, 0.2) is 0 Å². The van der Waals surface area contributed by atoms with E-state index in [9.17, 15) is 13.2 Å². The van der Waals surface area contributed by atoms with Gasteiger partial charge in [-0.2, -0.15) is 13.2 Å². The number of rotatable bonds is 4. The van der Waals surface area contributed by atoms with E-state index in [1.165, 1.54) is 0 Å². The molecule has 1 unspecified atom stereocenters. The Hall–Kier alpha value is -2.09. The van der Waals surface area contributed by atoms with E-state index in [1.54, 1.807) is 0 Å². The number of hydrogen-bond donors (Lipinski definition) is 1. The second-order valence-electron chi connectivity index (χ2n) is 6.02. The van der Waals surface area contributed by atoms with Crippen molar-refractivity contribution in [1.29, 1.82) is 0 Å². The Morgan fingerprint density at radius 3 is 2.88 bits per heavy atom. The molecule has 1 N–H and O–H groups in total. The predicted molar refractivity (Wildman–Crippen MR) is 82.4 cm³/mol. The molecule has 0 radical (unpaired) electrons. The fourth-order valence-corrected chi connectivity index (χ4v) is 2.91. The van der Waals surface area contributed by atoms with Crippen molar-refractivity contribution >= 4 is 5.82 Å². The lowest BCUT2D eigenvalue weighted by atomic mass is 10.1. The third kappa shape index (κ3) is 4.25. The Labute approximate surface area is 137 Å². The molecule has 2 aromatic heterocycles. The van der Waals surface area contributed by atoms with Crippen molar-refractivity contribution in [1.82, 2.24) is 14.9 Å². The Bertz CT molecular complexity index is 686. The minimum absolute atomic E-state index is 0.0470. The normalized spacial score (nSPS) is 19.4. The molecule has 0 amide bonds. The number of likely N-dealkylation sites (tertiary alicyclic amines) is 1. The van der Waals surface area contributed by atoms with Crippen molar-refractivity contribution in [2.45, 2.75) is 38.5 Å². The molecule has 24 heavy (non-hydrogen) atoms. The van der Waals surface area contributed by atoms with Crippen LogP contribution in [0.3, 0.4) is 0 Å². The molecule has 0 aliphatic carbocycles. The van der Waals surface area contributed by atoms with Gasteiger partial charge in [-0.05, 0) is 38.4 Å². The Morgan fingerprint density at radius 2 is 2.17 bits per heavy atom. The molecule has 2 aromatic rings. The summed E-state index contributed by atoms with van der Waals surface area (Å²) in [6.45, 7) is 4.27. The standard InChI is InChI=1S/C16H19F3N4O/c1-11-4-5-13(24-11)9-23-6-2-3-12(8-23)22-15-7-14(16(17,18)19)20-10-21-15/h4-5,7,10,12H,2-3,6,8-9H2,1H3,(H,20,21,22). The molecule has 1 atom stereocenters. The minimum atomic E-state index is -4.46. The van der Waals surface area contributed by atoms with Gasteiger partial charge in [0.1, 0.15) is 29.4 Å². The lowest BCUT2D eigenvalue weighted by molar-refractivity contribution is -0.141. The van der Waals surface area contributed by atoms with Crippen molar-refractivity contribution < 1.29 is 17.6 Å². The maximum absolute atomic E-state index is 12.7. The zero-order chi connectivity index (χ0) is 17.2. The zero-order valence-corrected chi connectivity index (χ0v) is 13.3. The zero-order valence-electron chi connectivity index (χ0n) is 13.3. The summed E-state index contributed by atoms with van der Waals surface area (Å²) < 4.78 is 43.7. The summed E-state index contributed by atoms with van der Waals surface area (Å²) in [6.07, 6.45) is -1.67. The molecule has 8 heteroatoms. The highest BCUT2D eigenvalue weighted by atomic mass is 19.4. The molecule has 3 heterocycles. The Morgan fingerprint density at radius 1 is 1.33 bits per heavy atom. The van der Waals surface area contributed by atoms with E-state index in [-0.39, 0.29) is 11.9 Å². The second-order valence-corrected chi connectivity index (χ2v) is 6.02. The van der Waals surface area contributed by atoms with Crippen LogP contribution in [0.1, 0.15) is 30.1 Å². The van der Waals surface area contributed by atoms with E-state index in [0.29, 0.717) is 6.54 Å². The third-order valence-corrected chi connectivity index (χ3v) is 3.99. The molecule has 1 aliphatic rings. The van der Waals surface area contributed by atoms with Crippen LogP contribution in [0.25, 0.3) is 0 Å². The lowest BCUT2D eigenvalue weighted by Gasteiger charge is -2.32. The molecule has 0 aromatic carbocycles. The summed E-state index contributed by atoms with van der Waals surface area (Å²) in [5.74, 6) is 1.98. The number of alkyl halides is 3. The van der Waals surface area contributed by atoms with Gasteiger partial charge in [0.05, 0.1) is 6.54 Å². The summed E-state index contributed by atoms with van der Waals surface area (Å²) in [5, 5.41) is 3.09. The molecular formula is C16H19F3N4O. The summed E-state index contributed by atoms with van der Waals surface area (Å²) in [4.78, 5) is 9.41. The first-order valence-corrected chi connectivity index (χ1v) is 7.83. The van der Waals surface area contributed by atoms with Crippen molar-refractivity contribution in [2.75, 3.05) is 18.4 Å². The second kappa shape index (κ2) is 6.80. The van der Waals surface area contributed by atoms with Crippen LogP contribution < -0.4 is 5.32 Å². The summed E-state index contributed by atoms with van der Waals surface area (Å²) in [5.41, 5.74) is -0.932. The molecule has 1 saturated heterocycles. The third-order valence-electron chi connectivity index (χ3n) is 3.99. The number of aryl methyl sites for hydroxylation is 1. The summed E-state index contributed by atoms with van der Waals surface area (Å²) in [7, 11) is 0. The Balaban J connectivity index is 1.61. The highest BCUT2D eigenvalue weighted by Gasteiger charge is 2.33. The highest BCUT2D eigenvalue weighted by Crippen LogP contribution is 2.28. The van der Waals surface area contributed by atoms with E-state index in [1.807, 2.05) is 19.1 Å². The maximum atomic E-state index is 12.7. The number of nitrogens with zero attached hydrogens (tertiary/aromatic N) is 3. The van der Waals surface area contributed by atoms with Gasteiger partial charge in [-0.3, -0.25) is 4.90 Å². The van der Waals surface area contributed by atoms with Gasteiger partial charge in [0, 0.05) is 18.7 Å². The van der Waals surface area contributed by atoms with Gasteiger partial charge >= 0.3 is 6.18 Å². The van der Waals surface area contributed by atoms with Crippen molar-refractivity contribution in [3.05, 3.63) is 41.7 Å². The topological polar surface area (TPSA) is 54.2 Å². The van der Waals surface area contributed by atoms with Crippen LogP contribution in [0.5, 0.6) is 0 Å². The maximum Gasteiger partial charge on any atom is 0.433 e. The van der Waals surface area contributed by atoms with Crippen LogP contribution in [0.2, 0.25) is 0 Å². The number of halogens is 3. The largest absolute Gasteiger partial charge is 0.465 e. The number of hydrogen-bond acceptors (Lipinski definition) is 5. The molecule has 130 valence electrons. The van der Waals surface area contributed by atoms with E-state index in [0.717, 1.165) is 49.8 Å². The van der Waals surface area contributed by atoms with Crippen LogP contribution in [0, 0.1) is 6.92 Å². The number of aromatic nitrogens is 2. The average molecular weight is 340 g/mol. The summed E-state index contributed by atoms with van der Waals surface area (Å²) >= 11 is 0. The van der Waals surface area contributed by atoms with Crippen LogP contribution in [0.4, 0.5) is 19.0 Å². The monoisotopic (exact) mass is 340 g/mol. The molecule has 1 fully saturated rings. The van der Waals surface area contributed by atoms with Crippen molar-refractivity contribution in [3.8, 4) is 0 Å². The molecular weight excluding hydrogens is 321 g/mol. The Kier molecular flexibility index (Phi) is 4.75. The summed E-state index contributed by atoms with van der Waals surface area (Å²) in [6, 6.07) is 4.88. The molecule has 0 bridgehead atoms. The van der Waals surface area contributed by atoms with E-state index < -0.39 is 11.9 Å². The smallest absolute Gasteiger partial charge is 0.433 e. The highest BCUT2D eigenvalue weighted by molar-refractivity contribution is 5.37. The van der Waals surface area contributed by atoms with Gasteiger partial charge in [-0.25, -0.2) is 9.97 Å². The molecule has 5 nitrogen and oxygen atoms in total. The van der Waals surface area contributed by atoms with Crippen LogP contribution in [-0.4, -0.2) is 34.0 Å². The van der Waals surface area contributed by atoms with Crippen molar-refractivity contribution in [3.63, 3.8) is 0 Å². The average Bonchev–Trinajstić information content (AvgIpc) is 2.92. The van der Waals surface area contributed by atoms with Crippen LogP contribution in [-0.2, 0) is 12.7 Å². The van der Waals surface area contributed by atoms with Gasteiger partial charge in [-0.1, -0.05) is 0 Å². The van der Waals surface area contributed by atoms with E-state index >= 15 is 0 Å². The number of anilines is 1. The van der Waals surface area contributed by atoms with Crippen molar-refractivity contribution in [2.24, 2.45) is 0 Å². The fourth-order valence-electron chi connectivity index (χ4n) is 2.91. The molecule has 3 rings (SSSR count). The number of furan rings is 1. The van der Waals surface area contributed by atoms with E-state index in [4.69, 9.17) is 4.42 Å². The van der Waals surface area contributed by atoms with Crippen LogP contribution >= 0.6 is 0 Å². The number of piperidine rings is 1. The molecule has 1 aliphatic heterocycles. The fraction of sp³-hybridized carbons (Fsp3) is 0.500. The molecule has 0 spiro atoms. The first-order valence-electron chi connectivity index (χ1n) is 7.83. The SMILES string of the molecule is Cc1ccc(CN2CCCC(Nc3cc(C(F)(F)F)ncn3)C2)o1. The van der Waals surface area contributed by atoms with Gasteiger partial charge in [0.25, 0.3) is 0 Å². The lowest BCUT2D eigenvalue weighted by Crippen LogP contribution is -2.41. The minimum Gasteiger partial charge on any atom is -0.465 e. The van der Waals surface area contributed by atoms with Gasteiger partial charge < -0.3 is 9.73 Å². The first kappa shape index (κ1) is 16.8. The predicted octanol–water partition coefficient (Wildman–Crippen LogP) is 3.47. The van der Waals surface area contributed by atoms with Crippen LogP contribution in [0.15, 0.2) is 28.9 Å². The van der Waals surface area contributed by atoms with E-state index in [2.05, 4.69) is 20.2 Å². The van der Waals surface area contributed by atoms with Gasteiger partial charge in [0.2, 0.25) is 0 Å². The number of nitrogens with one attached hydrogen (secondary N) is 1.